The molecule has 0 spiro atoms. The van der Waals surface area contributed by atoms with Gasteiger partial charge in [-0.25, -0.2) is 4.98 Å². The number of nitrogens with one attached hydrogen (secondary N) is 1. The van der Waals surface area contributed by atoms with Crippen LogP contribution in [0.25, 0.3) is 22.4 Å². The fourth-order valence-electron chi connectivity index (χ4n) is 2.35. The van der Waals surface area contributed by atoms with Crippen molar-refractivity contribution in [3.63, 3.8) is 0 Å². The van der Waals surface area contributed by atoms with Crippen molar-refractivity contribution in [3.8, 4) is 22.9 Å². The number of rotatable bonds is 5. The van der Waals surface area contributed by atoms with Crippen molar-refractivity contribution in [3.05, 3.63) is 42.5 Å². The van der Waals surface area contributed by atoms with Crippen molar-refractivity contribution >= 4 is 11.0 Å². The van der Waals surface area contributed by atoms with Crippen molar-refractivity contribution in [2.45, 2.75) is 26.4 Å². The van der Waals surface area contributed by atoms with E-state index in [0.29, 0.717) is 0 Å². The Morgan fingerprint density at radius 2 is 1.95 bits per heavy atom. The topological polar surface area (TPSA) is 47.1 Å². The summed E-state index contributed by atoms with van der Waals surface area (Å²) in [5, 5.41) is 0. The summed E-state index contributed by atoms with van der Waals surface area (Å²) in [6, 6.07) is 13.8. The van der Waals surface area contributed by atoms with Gasteiger partial charge in [-0.1, -0.05) is 25.1 Å². The molecule has 0 saturated carbocycles. The highest BCUT2D eigenvalue weighted by Crippen LogP contribution is 2.38. The van der Waals surface area contributed by atoms with Gasteiger partial charge in [-0.3, -0.25) is 0 Å². The summed E-state index contributed by atoms with van der Waals surface area (Å²) in [5.41, 5.74) is 2.86. The van der Waals surface area contributed by atoms with Crippen LogP contribution in [0.1, 0.15) is 20.3 Å². The number of methoxy groups -OCH3 is 1. The van der Waals surface area contributed by atoms with E-state index < -0.39 is 0 Å². The van der Waals surface area contributed by atoms with Gasteiger partial charge in [0.05, 0.1) is 29.8 Å². The van der Waals surface area contributed by atoms with Gasteiger partial charge in [-0.05, 0) is 37.6 Å². The van der Waals surface area contributed by atoms with E-state index in [1.807, 2.05) is 42.5 Å². The third-order valence-corrected chi connectivity index (χ3v) is 3.74. The third kappa shape index (κ3) is 2.64. The van der Waals surface area contributed by atoms with Crippen LogP contribution >= 0.6 is 0 Å². The molecule has 1 N–H and O–H groups in total. The number of ether oxygens (including phenoxy) is 2. The Kier molecular flexibility index (Phi) is 4.00. The molecule has 3 rings (SSSR count). The zero-order chi connectivity index (χ0) is 15.5. The van der Waals surface area contributed by atoms with Crippen LogP contribution in [-0.2, 0) is 0 Å². The first-order valence-corrected chi connectivity index (χ1v) is 7.51. The SMILES string of the molecule is CCC(C)Oc1c(OC)cccc1-c1nc2ccccc2[nH]1. The molecule has 1 unspecified atom stereocenters. The summed E-state index contributed by atoms with van der Waals surface area (Å²) in [7, 11) is 1.65. The monoisotopic (exact) mass is 296 g/mol. The molecule has 0 aliphatic carbocycles. The Morgan fingerprint density at radius 1 is 1.14 bits per heavy atom. The lowest BCUT2D eigenvalue weighted by molar-refractivity contribution is 0.208. The number of aromatic amines is 1. The lowest BCUT2D eigenvalue weighted by atomic mass is 10.1. The van der Waals surface area contributed by atoms with Crippen molar-refractivity contribution in [2.24, 2.45) is 0 Å². The Morgan fingerprint density at radius 3 is 2.68 bits per heavy atom. The molecule has 1 aromatic heterocycles. The maximum absolute atomic E-state index is 6.08. The van der Waals surface area contributed by atoms with Crippen LogP contribution in [0.5, 0.6) is 11.5 Å². The van der Waals surface area contributed by atoms with Gasteiger partial charge in [0.2, 0.25) is 0 Å². The quantitative estimate of drug-likeness (QED) is 0.758. The minimum Gasteiger partial charge on any atom is -0.493 e. The van der Waals surface area contributed by atoms with Crippen molar-refractivity contribution in [2.75, 3.05) is 7.11 Å². The molecule has 4 heteroatoms. The molecular weight excluding hydrogens is 276 g/mol. The molecule has 0 saturated heterocycles. The van der Waals surface area contributed by atoms with Gasteiger partial charge >= 0.3 is 0 Å². The molecule has 0 fully saturated rings. The standard InChI is InChI=1S/C18H20N2O2/c1-4-12(2)22-17-13(8-7-11-16(17)21-3)18-19-14-9-5-6-10-15(14)20-18/h5-12H,4H2,1-3H3,(H,19,20). The highest BCUT2D eigenvalue weighted by atomic mass is 16.5. The molecule has 114 valence electrons. The van der Waals surface area contributed by atoms with Crippen LogP contribution in [0.2, 0.25) is 0 Å². The predicted molar refractivity (Wildman–Crippen MR) is 88.5 cm³/mol. The smallest absolute Gasteiger partial charge is 0.172 e. The van der Waals surface area contributed by atoms with E-state index in [2.05, 4.69) is 23.8 Å². The fourth-order valence-corrected chi connectivity index (χ4v) is 2.35. The lowest BCUT2D eigenvalue weighted by Gasteiger charge is -2.18. The largest absolute Gasteiger partial charge is 0.493 e. The molecule has 22 heavy (non-hydrogen) atoms. The van der Waals surface area contributed by atoms with Crippen molar-refractivity contribution < 1.29 is 9.47 Å². The number of imidazole rings is 1. The van der Waals surface area contributed by atoms with Gasteiger partial charge in [0.15, 0.2) is 11.5 Å². The summed E-state index contributed by atoms with van der Waals surface area (Å²) in [6.07, 6.45) is 1.04. The molecule has 0 amide bonds. The number of para-hydroxylation sites is 3. The molecule has 0 radical (unpaired) electrons. The van der Waals surface area contributed by atoms with E-state index >= 15 is 0 Å². The zero-order valence-corrected chi connectivity index (χ0v) is 13.1. The second-order valence-corrected chi connectivity index (χ2v) is 5.28. The lowest BCUT2D eigenvalue weighted by Crippen LogP contribution is -2.11. The van der Waals surface area contributed by atoms with E-state index in [-0.39, 0.29) is 6.10 Å². The fraction of sp³-hybridized carbons (Fsp3) is 0.278. The maximum Gasteiger partial charge on any atom is 0.172 e. The number of nitrogens with zero attached hydrogens (tertiary/aromatic N) is 1. The second-order valence-electron chi connectivity index (χ2n) is 5.28. The Hall–Kier alpha value is -2.49. The average Bonchev–Trinajstić information content (AvgIpc) is 2.98. The molecule has 1 heterocycles. The molecule has 3 aromatic rings. The number of aromatic nitrogens is 2. The summed E-state index contributed by atoms with van der Waals surface area (Å²) in [5.74, 6) is 2.25. The summed E-state index contributed by atoms with van der Waals surface area (Å²) in [6.45, 7) is 4.15. The predicted octanol–water partition coefficient (Wildman–Crippen LogP) is 4.42. The first kappa shape index (κ1) is 14.4. The maximum atomic E-state index is 6.08. The van der Waals surface area contributed by atoms with Gasteiger partial charge in [0.1, 0.15) is 5.82 Å². The van der Waals surface area contributed by atoms with Crippen LogP contribution in [0.15, 0.2) is 42.5 Å². The molecular formula is C18H20N2O2. The third-order valence-electron chi connectivity index (χ3n) is 3.74. The number of fused-ring (bicyclic) bond motifs is 1. The molecule has 2 aromatic carbocycles. The van der Waals surface area contributed by atoms with Crippen LogP contribution in [0.4, 0.5) is 0 Å². The molecule has 0 aliphatic heterocycles. The van der Waals surface area contributed by atoms with Gasteiger partial charge < -0.3 is 14.5 Å². The Labute approximate surface area is 130 Å². The molecule has 1 atom stereocenters. The number of hydrogen-bond donors (Lipinski definition) is 1. The normalized spacial score (nSPS) is 12.3. The van der Waals surface area contributed by atoms with Crippen molar-refractivity contribution in [1.29, 1.82) is 0 Å². The minimum absolute atomic E-state index is 0.111. The van der Waals surface area contributed by atoms with E-state index in [1.54, 1.807) is 7.11 Å². The van der Waals surface area contributed by atoms with Crippen LogP contribution < -0.4 is 9.47 Å². The van der Waals surface area contributed by atoms with Crippen LogP contribution in [0.3, 0.4) is 0 Å². The van der Waals surface area contributed by atoms with E-state index in [9.17, 15) is 0 Å². The number of hydrogen-bond acceptors (Lipinski definition) is 3. The number of benzene rings is 2. The summed E-state index contributed by atoms with van der Waals surface area (Å²) < 4.78 is 11.5. The minimum atomic E-state index is 0.111. The average molecular weight is 296 g/mol. The van der Waals surface area contributed by atoms with E-state index in [4.69, 9.17) is 9.47 Å². The first-order chi connectivity index (χ1) is 10.7. The number of H-pyrrole nitrogens is 1. The first-order valence-electron chi connectivity index (χ1n) is 7.51. The second kappa shape index (κ2) is 6.10. The van der Waals surface area contributed by atoms with Gasteiger partial charge in [0, 0.05) is 0 Å². The van der Waals surface area contributed by atoms with Crippen LogP contribution in [-0.4, -0.2) is 23.2 Å². The Bertz CT molecular complexity index is 747. The highest BCUT2D eigenvalue weighted by molar-refractivity contribution is 5.81. The molecule has 0 aliphatic rings. The van der Waals surface area contributed by atoms with Gasteiger partial charge in [0.25, 0.3) is 0 Å². The Balaban J connectivity index is 2.12. The zero-order valence-electron chi connectivity index (χ0n) is 13.1. The van der Waals surface area contributed by atoms with Gasteiger partial charge in [-0.2, -0.15) is 0 Å². The summed E-state index contributed by atoms with van der Waals surface area (Å²) >= 11 is 0. The van der Waals surface area contributed by atoms with E-state index in [0.717, 1.165) is 40.3 Å². The highest BCUT2D eigenvalue weighted by Gasteiger charge is 2.17. The van der Waals surface area contributed by atoms with Gasteiger partial charge in [-0.15, -0.1) is 0 Å². The molecule has 0 bridgehead atoms. The molecule has 4 nitrogen and oxygen atoms in total. The van der Waals surface area contributed by atoms with Crippen LogP contribution in [0, 0.1) is 0 Å². The summed E-state index contributed by atoms with van der Waals surface area (Å²) in [4.78, 5) is 8.01. The van der Waals surface area contributed by atoms with Crippen molar-refractivity contribution in [1.82, 2.24) is 9.97 Å². The van der Waals surface area contributed by atoms with E-state index in [1.165, 1.54) is 0 Å².